The fraction of sp³-hybridized carbons (Fsp3) is 0.273. The van der Waals surface area contributed by atoms with Crippen molar-refractivity contribution in [3.63, 3.8) is 0 Å². The molecular weight excluding hydrogens is 196 g/mol. The summed E-state index contributed by atoms with van der Waals surface area (Å²) in [5.41, 5.74) is 2.17. The van der Waals surface area contributed by atoms with Crippen molar-refractivity contribution in [2.24, 2.45) is 0 Å². The number of benzene rings is 1. The lowest BCUT2D eigenvalue weighted by atomic mass is 10.0. The van der Waals surface area contributed by atoms with E-state index in [1.807, 2.05) is 13.8 Å². The first-order valence-corrected chi connectivity index (χ1v) is 4.47. The number of carboxylic acids is 1. The second kappa shape index (κ2) is 4.13. The number of aromatic hydroxyl groups is 1. The third-order valence-corrected chi connectivity index (χ3v) is 2.28. The summed E-state index contributed by atoms with van der Waals surface area (Å²) < 4.78 is 0. The molecule has 15 heavy (non-hydrogen) atoms. The first-order chi connectivity index (χ1) is 6.91. The molecule has 0 bridgehead atoms. The fourth-order valence-corrected chi connectivity index (χ4v) is 1.25. The number of carbonyl (C=O) groups is 2. The summed E-state index contributed by atoms with van der Waals surface area (Å²) in [5, 5.41) is 17.9. The molecule has 1 aromatic rings. The Morgan fingerprint density at radius 3 is 2.27 bits per heavy atom. The number of rotatable bonds is 3. The van der Waals surface area contributed by atoms with Crippen LogP contribution < -0.4 is 0 Å². The van der Waals surface area contributed by atoms with Crippen LogP contribution in [0.5, 0.6) is 5.75 Å². The molecule has 1 rings (SSSR count). The van der Waals surface area contributed by atoms with Crippen molar-refractivity contribution < 1.29 is 19.8 Å². The number of Topliss-reactive ketones (excluding diaryl/α,β-unsaturated/α-hetero) is 1. The number of aliphatic carboxylic acids is 1. The highest BCUT2D eigenvalue weighted by atomic mass is 16.4. The Labute approximate surface area is 87.2 Å². The molecule has 0 heterocycles. The smallest absolute Gasteiger partial charge is 0.372 e. The number of ketones is 1. The summed E-state index contributed by atoms with van der Waals surface area (Å²) in [6, 6.07) is 3.16. The van der Waals surface area contributed by atoms with Gasteiger partial charge in [-0.2, -0.15) is 0 Å². The Morgan fingerprint density at radius 2 is 1.73 bits per heavy atom. The SMILES string of the molecule is Cc1cc(O)c(CC(=O)C(=O)O)cc1C. The number of hydrogen-bond donors (Lipinski definition) is 2. The standard InChI is InChI=1S/C11H12O4/c1-6-3-8(5-10(13)11(14)15)9(12)4-7(6)2/h3-4,12H,5H2,1-2H3,(H,14,15). The molecule has 0 saturated carbocycles. The Kier molecular flexibility index (Phi) is 3.09. The maximum Gasteiger partial charge on any atom is 0.372 e. The van der Waals surface area contributed by atoms with Crippen molar-refractivity contribution in [1.29, 1.82) is 0 Å². The maximum atomic E-state index is 11.0. The highest BCUT2D eigenvalue weighted by molar-refractivity contribution is 6.33. The van der Waals surface area contributed by atoms with Crippen molar-refractivity contribution in [2.75, 3.05) is 0 Å². The first-order valence-electron chi connectivity index (χ1n) is 4.47. The van der Waals surface area contributed by atoms with Gasteiger partial charge in [0.2, 0.25) is 5.78 Å². The first kappa shape index (κ1) is 11.2. The molecule has 0 saturated heterocycles. The molecule has 0 aliphatic rings. The Hall–Kier alpha value is -1.84. The van der Waals surface area contributed by atoms with Crippen molar-refractivity contribution in [3.8, 4) is 5.75 Å². The van der Waals surface area contributed by atoms with E-state index in [4.69, 9.17) is 5.11 Å². The molecular formula is C11H12O4. The van der Waals surface area contributed by atoms with Crippen molar-refractivity contribution in [3.05, 3.63) is 28.8 Å². The van der Waals surface area contributed by atoms with Gasteiger partial charge in [0.05, 0.1) is 0 Å². The van der Waals surface area contributed by atoms with Crippen LogP contribution in [-0.2, 0) is 16.0 Å². The molecule has 0 atom stereocenters. The van der Waals surface area contributed by atoms with Gasteiger partial charge in [-0.1, -0.05) is 6.07 Å². The summed E-state index contributed by atoms with van der Waals surface area (Å²) in [6.07, 6.45) is -0.276. The molecule has 0 aliphatic carbocycles. The zero-order chi connectivity index (χ0) is 11.6. The molecule has 0 unspecified atom stereocenters. The minimum Gasteiger partial charge on any atom is -0.508 e. The van der Waals surface area contributed by atoms with Crippen molar-refractivity contribution in [1.82, 2.24) is 0 Å². The average Bonchev–Trinajstić information content (AvgIpc) is 2.13. The predicted octanol–water partition coefficient (Wildman–Crippen LogP) is 1.21. The van der Waals surface area contributed by atoms with Crippen LogP contribution in [0.4, 0.5) is 0 Å². The second-order valence-corrected chi connectivity index (χ2v) is 3.47. The number of carboxylic acid groups (broad SMARTS) is 1. The predicted molar refractivity (Wildman–Crippen MR) is 53.9 cm³/mol. The largest absolute Gasteiger partial charge is 0.508 e. The van der Waals surface area contributed by atoms with Gasteiger partial charge in [-0.05, 0) is 31.0 Å². The van der Waals surface area contributed by atoms with Crippen LogP contribution in [0.3, 0.4) is 0 Å². The number of aryl methyl sites for hydroxylation is 2. The van der Waals surface area contributed by atoms with E-state index in [1.165, 1.54) is 6.07 Å². The number of phenols is 1. The van der Waals surface area contributed by atoms with Gasteiger partial charge < -0.3 is 10.2 Å². The quantitative estimate of drug-likeness (QED) is 0.732. The van der Waals surface area contributed by atoms with Crippen LogP contribution in [0.25, 0.3) is 0 Å². The van der Waals surface area contributed by atoms with Gasteiger partial charge in [0.15, 0.2) is 0 Å². The molecule has 0 aromatic heterocycles. The topological polar surface area (TPSA) is 74.6 Å². The van der Waals surface area contributed by atoms with Crippen LogP contribution in [0.1, 0.15) is 16.7 Å². The second-order valence-electron chi connectivity index (χ2n) is 3.47. The minimum absolute atomic E-state index is 0.0345. The fourth-order valence-electron chi connectivity index (χ4n) is 1.25. The minimum atomic E-state index is -1.48. The molecule has 0 radical (unpaired) electrons. The Morgan fingerprint density at radius 1 is 1.20 bits per heavy atom. The summed E-state index contributed by atoms with van der Waals surface area (Å²) in [4.78, 5) is 21.3. The van der Waals surface area contributed by atoms with E-state index in [0.29, 0.717) is 5.56 Å². The van der Waals surface area contributed by atoms with E-state index in [2.05, 4.69) is 0 Å². The molecule has 4 heteroatoms. The van der Waals surface area contributed by atoms with Crippen molar-refractivity contribution >= 4 is 11.8 Å². The third kappa shape index (κ3) is 2.56. The highest BCUT2D eigenvalue weighted by Gasteiger charge is 2.15. The van der Waals surface area contributed by atoms with E-state index in [0.717, 1.165) is 11.1 Å². The number of carbonyl (C=O) groups excluding carboxylic acids is 1. The van der Waals surface area contributed by atoms with Crippen LogP contribution in [0, 0.1) is 13.8 Å². The average molecular weight is 208 g/mol. The van der Waals surface area contributed by atoms with Gasteiger partial charge in [-0.15, -0.1) is 0 Å². The van der Waals surface area contributed by atoms with E-state index in [-0.39, 0.29) is 12.2 Å². The van der Waals surface area contributed by atoms with Gasteiger partial charge in [-0.25, -0.2) is 4.79 Å². The highest BCUT2D eigenvalue weighted by Crippen LogP contribution is 2.22. The van der Waals surface area contributed by atoms with Crippen LogP contribution in [0.2, 0.25) is 0 Å². The summed E-state index contributed by atoms with van der Waals surface area (Å²) in [6.45, 7) is 3.67. The zero-order valence-corrected chi connectivity index (χ0v) is 8.57. The molecule has 2 N–H and O–H groups in total. The molecule has 0 aliphatic heterocycles. The Balaban J connectivity index is 3.01. The third-order valence-electron chi connectivity index (χ3n) is 2.28. The molecule has 0 spiro atoms. The lowest BCUT2D eigenvalue weighted by Gasteiger charge is -2.06. The lowest BCUT2D eigenvalue weighted by Crippen LogP contribution is -2.15. The monoisotopic (exact) mass is 208 g/mol. The van der Waals surface area contributed by atoms with Gasteiger partial charge >= 0.3 is 5.97 Å². The summed E-state index contributed by atoms with van der Waals surface area (Å²) in [7, 11) is 0. The van der Waals surface area contributed by atoms with Gasteiger partial charge in [-0.3, -0.25) is 4.79 Å². The van der Waals surface area contributed by atoms with Crippen LogP contribution >= 0.6 is 0 Å². The number of hydrogen-bond acceptors (Lipinski definition) is 3. The molecule has 80 valence electrons. The van der Waals surface area contributed by atoms with Gasteiger partial charge in [0.1, 0.15) is 5.75 Å². The van der Waals surface area contributed by atoms with Crippen LogP contribution in [-0.4, -0.2) is 22.0 Å². The lowest BCUT2D eigenvalue weighted by molar-refractivity contribution is -0.148. The van der Waals surface area contributed by atoms with Crippen molar-refractivity contribution in [2.45, 2.75) is 20.3 Å². The molecule has 0 amide bonds. The number of phenolic OH excluding ortho intramolecular Hbond substituents is 1. The van der Waals surface area contributed by atoms with E-state index in [1.54, 1.807) is 6.07 Å². The molecule has 4 nitrogen and oxygen atoms in total. The molecule has 1 aromatic carbocycles. The van der Waals surface area contributed by atoms with E-state index < -0.39 is 11.8 Å². The Bertz CT molecular complexity index is 421. The summed E-state index contributed by atoms with van der Waals surface area (Å²) >= 11 is 0. The van der Waals surface area contributed by atoms with E-state index in [9.17, 15) is 14.7 Å². The summed E-state index contributed by atoms with van der Waals surface area (Å²) in [5.74, 6) is -2.44. The zero-order valence-electron chi connectivity index (χ0n) is 8.57. The van der Waals surface area contributed by atoms with Gasteiger partial charge in [0, 0.05) is 12.0 Å². The van der Waals surface area contributed by atoms with Gasteiger partial charge in [0.25, 0.3) is 0 Å². The maximum absolute atomic E-state index is 11.0. The van der Waals surface area contributed by atoms with Crippen LogP contribution in [0.15, 0.2) is 12.1 Å². The normalized spacial score (nSPS) is 10.0. The van der Waals surface area contributed by atoms with E-state index >= 15 is 0 Å². The molecule has 0 fully saturated rings.